The van der Waals surface area contributed by atoms with Gasteiger partial charge in [0, 0.05) is 43.1 Å². The molecule has 2 heterocycles. The number of rotatable bonds is 4. The Bertz CT molecular complexity index is 3200. The molecule has 2 aliphatic rings. The van der Waals surface area contributed by atoms with Gasteiger partial charge in [-0.15, -0.1) is 11.3 Å². The van der Waals surface area contributed by atoms with Crippen molar-refractivity contribution in [3.05, 3.63) is 222 Å². The predicted molar refractivity (Wildman–Crippen MR) is 234 cm³/mol. The van der Waals surface area contributed by atoms with E-state index in [0.717, 1.165) is 39.5 Å². The van der Waals surface area contributed by atoms with Crippen LogP contribution in [0.25, 0.3) is 53.2 Å². The zero-order chi connectivity index (χ0) is 36.8. The number of fused-ring (bicyclic) bond motifs is 14. The summed E-state index contributed by atoms with van der Waals surface area (Å²) >= 11 is 1.87. The second-order valence-electron chi connectivity index (χ2n) is 14.7. The molecule has 0 radical (unpaired) electrons. The standard InChI is InChI=1S/C53H33NOS/c1-2-16-34(17-3-1)36-19-7-11-27-45(36)54(47-29-14-23-39-38-21-8-13-31-49(38)56-52(39)47)46-28-15-26-43-50(46)40-22-6-9-24-41(40)53(43)42-25-10-12-30-48(42)55-51-37-20-5-4-18-35(37)32-33-44(51)53/h1-33H. The average Bonchev–Trinajstić information content (AvgIpc) is 3.79. The van der Waals surface area contributed by atoms with Crippen molar-refractivity contribution >= 4 is 59.3 Å². The van der Waals surface area contributed by atoms with Crippen molar-refractivity contribution in [1.82, 2.24) is 0 Å². The monoisotopic (exact) mass is 731 g/mol. The predicted octanol–water partition coefficient (Wildman–Crippen LogP) is 14.8. The number of nitrogens with zero attached hydrogens (tertiary/aromatic N) is 1. The first-order valence-corrected chi connectivity index (χ1v) is 20.0. The highest BCUT2D eigenvalue weighted by Crippen LogP contribution is 2.65. The fourth-order valence-corrected chi connectivity index (χ4v) is 10.9. The topological polar surface area (TPSA) is 12.5 Å². The molecule has 0 saturated heterocycles. The summed E-state index contributed by atoms with van der Waals surface area (Å²) in [5.41, 5.74) is 12.5. The lowest BCUT2D eigenvalue weighted by Gasteiger charge is -2.40. The molecule has 1 atom stereocenters. The highest BCUT2D eigenvalue weighted by atomic mass is 32.1. The molecule has 56 heavy (non-hydrogen) atoms. The molecule has 262 valence electrons. The smallest absolute Gasteiger partial charge is 0.140 e. The molecule has 1 aliphatic carbocycles. The van der Waals surface area contributed by atoms with Crippen molar-refractivity contribution in [1.29, 1.82) is 0 Å². The Kier molecular flexibility index (Phi) is 6.75. The molecule has 0 amide bonds. The maximum atomic E-state index is 6.96. The summed E-state index contributed by atoms with van der Waals surface area (Å²) in [5, 5.41) is 4.85. The van der Waals surface area contributed by atoms with Gasteiger partial charge in [0.05, 0.1) is 27.2 Å². The minimum atomic E-state index is -0.607. The van der Waals surface area contributed by atoms with E-state index < -0.39 is 5.41 Å². The van der Waals surface area contributed by atoms with Crippen LogP contribution in [0.3, 0.4) is 0 Å². The molecule has 1 aromatic heterocycles. The third-order valence-corrected chi connectivity index (χ3v) is 13.1. The Morgan fingerprint density at radius 1 is 0.411 bits per heavy atom. The number of thiophene rings is 1. The highest BCUT2D eigenvalue weighted by Gasteiger charge is 2.52. The number of benzene rings is 9. The Morgan fingerprint density at radius 2 is 1.05 bits per heavy atom. The van der Waals surface area contributed by atoms with Crippen LogP contribution in [-0.2, 0) is 5.41 Å². The molecular formula is C53H33NOS. The van der Waals surface area contributed by atoms with Crippen LogP contribution in [0.2, 0.25) is 0 Å². The van der Waals surface area contributed by atoms with Gasteiger partial charge in [0.2, 0.25) is 0 Å². The van der Waals surface area contributed by atoms with Crippen molar-refractivity contribution in [2.75, 3.05) is 4.90 Å². The largest absolute Gasteiger partial charge is 0.456 e. The van der Waals surface area contributed by atoms with Crippen molar-refractivity contribution in [3.63, 3.8) is 0 Å². The molecule has 10 aromatic rings. The van der Waals surface area contributed by atoms with Crippen molar-refractivity contribution in [3.8, 4) is 33.8 Å². The third kappa shape index (κ3) is 4.26. The Balaban J connectivity index is 1.22. The van der Waals surface area contributed by atoms with Crippen molar-refractivity contribution in [2.24, 2.45) is 0 Å². The zero-order valence-corrected chi connectivity index (χ0v) is 31.1. The van der Waals surface area contributed by atoms with Gasteiger partial charge in [0.1, 0.15) is 11.5 Å². The Morgan fingerprint density at radius 3 is 1.96 bits per heavy atom. The minimum Gasteiger partial charge on any atom is -0.456 e. The second kappa shape index (κ2) is 12.0. The molecular weight excluding hydrogens is 699 g/mol. The quantitative estimate of drug-likeness (QED) is 0.179. The molecule has 1 unspecified atom stereocenters. The highest BCUT2D eigenvalue weighted by molar-refractivity contribution is 7.26. The molecule has 0 bridgehead atoms. The number of ether oxygens (including phenoxy) is 1. The summed E-state index contributed by atoms with van der Waals surface area (Å²) in [7, 11) is 0. The molecule has 1 aliphatic heterocycles. The Labute approximate surface area is 329 Å². The van der Waals surface area contributed by atoms with Crippen LogP contribution >= 0.6 is 11.3 Å². The van der Waals surface area contributed by atoms with Crippen LogP contribution in [0.1, 0.15) is 22.3 Å². The van der Waals surface area contributed by atoms with Gasteiger partial charge in [-0.2, -0.15) is 0 Å². The molecule has 12 rings (SSSR count). The van der Waals surface area contributed by atoms with Gasteiger partial charge >= 0.3 is 0 Å². The van der Waals surface area contributed by atoms with Gasteiger partial charge in [-0.3, -0.25) is 0 Å². The van der Waals surface area contributed by atoms with Gasteiger partial charge in [-0.25, -0.2) is 0 Å². The lowest BCUT2D eigenvalue weighted by Crippen LogP contribution is -2.32. The zero-order valence-electron chi connectivity index (χ0n) is 30.3. The maximum absolute atomic E-state index is 6.96. The van der Waals surface area contributed by atoms with Crippen LogP contribution in [-0.4, -0.2) is 0 Å². The summed E-state index contributed by atoms with van der Waals surface area (Å²) in [4.78, 5) is 2.54. The van der Waals surface area contributed by atoms with Crippen LogP contribution in [0, 0.1) is 0 Å². The summed E-state index contributed by atoms with van der Waals surface area (Å²) in [6, 6.07) is 73.1. The van der Waals surface area contributed by atoms with Gasteiger partial charge in [0.15, 0.2) is 0 Å². The van der Waals surface area contributed by atoms with Crippen molar-refractivity contribution in [2.45, 2.75) is 5.41 Å². The first-order valence-electron chi connectivity index (χ1n) is 19.2. The Hall–Kier alpha value is -6.94. The van der Waals surface area contributed by atoms with E-state index in [9.17, 15) is 0 Å². The number of para-hydroxylation sites is 2. The van der Waals surface area contributed by atoms with Crippen LogP contribution in [0.5, 0.6) is 11.5 Å². The number of hydrogen-bond acceptors (Lipinski definition) is 3. The van der Waals surface area contributed by atoms with E-state index >= 15 is 0 Å². The molecule has 0 N–H and O–H groups in total. The second-order valence-corrected chi connectivity index (χ2v) is 15.8. The van der Waals surface area contributed by atoms with Gasteiger partial charge in [0.25, 0.3) is 0 Å². The molecule has 0 saturated carbocycles. The number of hydrogen-bond donors (Lipinski definition) is 0. The molecule has 9 aromatic carbocycles. The lowest BCUT2D eigenvalue weighted by atomic mass is 9.65. The first kappa shape index (κ1) is 31.4. The SMILES string of the molecule is c1ccc(-c2ccccc2N(c2cccc3c2-c2ccccc2C32c3ccccc3Oc3c2ccc2ccccc32)c2cccc3c2sc2ccccc23)cc1. The normalized spacial score (nSPS) is 15.0. The fourth-order valence-electron chi connectivity index (χ4n) is 9.67. The molecule has 0 fully saturated rings. The van der Waals surface area contributed by atoms with Crippen LogP contribution < -0.4 is 9.64 Å². The summed E-state index contributed by atoms with van der Waals surface area (Å²) in [5.74, 6) is 1.82. The minimum absolute atomic E-state index is 0.607. The van der Waals surface area contributed by atoms with E-state index in [1.165, 1.54) is 64.5 Å². The van der Waals surface area contributed by atoms with E-state index in [0.29, 0.717) is 0 Å². The van der Waals surface area contributed by atoms with E-state index in [4.69, 9.17) is 4.74 Å². The molecule has 3 heteroatoms. The number of anilines is 3. The van der Waals surface area contributed by atoms with Crippen LogP contribution in [0.15, 0.2) is 200 Å². The van der Waals surface area contributed by atoms with Gasteiger partial charge in [-0.1, -0.05) is 170 Å². The molecule has 1 spiro atoms. The van der Waals surface area contributed by atoms with Crippen LogP contribution in [0.4, 0.5) is 17.1 Å². The maximum Gasteiger partial charge on any atom is 0.140 e. The summed E-state index contributed by atoms with van der Waals surface area (Å²) in [6.45, 7) is 0. The molecule has 2 nitrogen and oxygen atoms in total. The van der Waals surface area contributed by atoms with E-state index in [1.54, 1.807) is 0 Å². The third-order valence-electron chi connectivity index (χ3n) is 11.9. The average molecular weight is 732 g/mol. The summed E-state index contributed by atoms with van der Waals surface area (Å²) in [6.07, 6.45) is 0. The van der Waals surface area contributed by atoms with E-state index in [2.05, 4.69) is 205 Å². The summed E-state index contributed by atoms with van der Waals surface area (Å²) < 4.78 is 9.51. The lowest BCUT2D eigenvalue weighted by molar-refractivity contribution is 0.441. The van der Waals surface area contributed by atoms with E-state index in [1.807, 2.05) is 11.3 Å². The van der Waals surface area contributed by atoms with Gasteiger partial charge < -0.3 is 9.64 Å². The first-order chi connectivity index (χ1) is 27.8. The van der Waals surface area contributed by atoms with Gasteiger partial charge in [-0.05, 0) is 58.0 Å². The fraction of sp³-hybridized carbons (Fsp3) is 0.0189. The van der Waals surface area contributed by atoms with Crippen molar-refractivity contribution < 1.29 is 4.74 Å². The van der Waals surface area contributed by atoms with E-state index in [-0.39, 0.29) is 0 Å².